The number of nitrogens with zero attached hydrogens (tertiary/aromatic N) is 3. The van der Waals surface area contributed by atoms with Crippen LogP contribution in [0.25, 0.3) is 10.9 Å². The zero-order valence-electron chi connectivity index (χ0n) is 22.1. The van der Waals surface area contributed by atoms with Gasteiger partial charge in [-0.2, -0.15) is 0 Å². The second-order valence-corrected chi connectivity index (χ2v) is 11.5. The topological polar surface area (TPSA) is 65.5 Å². The van der Waals surface area contributed by atoms with Gasteiger partial charge in [0.25, 0.3) is 11.8 Å². The summed E-state index contributed by atoms with van der Waals surface area (Å²) in [5.41, 5.74) is 2.39. The van der Waals surface area contributed by atoms with Crippen molar-refractivity contribution in [3.05, 3.63) is 78.0 Å². The standard InChI is InChI=1S/C32H38N4O2/c37-31(29-8-4-10-30-28(29)9-5-17-33-30)34-27-13-11-23(12-14-27)15-18-35-19-16-25-21-36(22-26(25)20-35)32(38)24-6-2-1-3-7-24/h1-10,17,23,25-27H,11-16,18-22H2,(H,34,37)/t23-,25?,26-,27-/m0/s1. The quantitative estimate of drug-likeness (QED) is 0.507. The number of pyridine rings is 1. The zero-order chi connectivity index (χ0) is 25.9. The lowest BCUT2D eigenvalue weighted by molar-refractivity contribution is 0.0783. The number of hydrogen-bond acceptors (Lipinski definition) is 4. The second kappa shape index (κ2) is 11.2. The van der Waals surface area contributed by atoms with Crippen molar-refractivity contribution in [2.45, 2.75) is 44.6 Å². The molecule has 2 amide bonds. The molecular formula is C32H38N4O2. The van der Waals surface area contributed by atoms with Crippen LogP contribution < -0.4 is 5.32 Å². The van der Waals surface area contributed by atoms with Gasteiger partial charge in [-0.1, -0.05) is 30.3 Å². The molecule has 198 valence electrons. The Kier molecular flexibility index (Phi) is 7.41. The fourth-order valence-electron chi connectivity index (χ4n) is 6.90. The molecule has 3 fully saturated rings. The molecule has 2 aromatic carbocycles. The minimum Gasteiger partial charge on any atom is -0.349 e. The van der Waals surface area contributed by atoms with Gasteiger partial charge in [0.15, 0.2) is 0 Å². The Morgan fingerprint density at radius 3 is 2.50 bits per heavy atom. The monoisotopic (exact) mass is 510 g/mol. The van der Waals surface area contributed by atoms with Gasteiger partial charge in [0.2, 0.25) is 0 Å². The average Bonchev–Trinajstić information content (AvgIpc) is 3.40. The van der Waals surface area contributed by atoms with E-state index in [1.807, 2.05) is 60.7 Å². The van der Waals surface area contributed by atoms with Crippen LogP contribution in [0.15, 0.2) is 66.9 Å². The van der Waals surface area contributed by atoms with Crippen LogP contribution in [0.1, 0.15) is 59.2 Å². The summed E-state index contributed by atoms with van der Waals surface area (Å²) in [6.07, 6.45) is 8.68. The van der Waals surface area contributed by atoms with Crippen molar-refractivity contribution in [1.82, 2.24) is 20.1 Å². The highest BCUT2D eigenvalue weighted by atomic mass is 16.2. The molecule has 2 atom stereocenters. The molecule has 1 aliphatic carbocycles. The number of aromatic nitrogens is 1. The first-order valence-corrected chi connectivity index (χ1v) is 14.4. The molecule has 0 spiro atoms. The molecule has 2 saturated heterocycles. The molecular weight excluding hydrogens is 472 g/mol. The van der Waals surface area contributed by atoms with E-state index >= 15 is 0 Å². The molecule has 6 heteroatoms. The lowest BCUT2D eigenvalue weighted by Gasteiger charge is -2.36. The van der Waals surface area contributed by atoms with Crippen LogP contribution in [-0.4, -0.2) is 65.4 Å². The van der Waals surface area contributed by atoms with E-state index in [1.54, 1.807) is 6.20 Å². The van der Waals surface area contributed by atoms with Gasteiger partial charge in [-0.05, 0) is 99.7 Å². The van der Waals surface area contributed by atoms with Crippen molar-refractivity contribution in [3.8, 4) is 0 Å². The van der Waals surface area contributed by atoms with Crippen LogP contribution in [0.3, 0.4) is 0 Å². The summed E-state index contributed by atoms with van der Waals surface area (Å²) < 4.78 is 0. The summed E-state index contributed by atoms with van der Waals surface area (Å²) in [5, 5.41) is 4.21. The van der Waals surface area contributed by atoms with E-state index < -0.39 is 0 Å². The van der Waals surface area contributed by atoms with Gasteiger partial charge in [0, 0.05) is 48.4 Å². The third-order valence-corrected chi connectivity index (χ3v) is 9.12. The minimum absolute atomic E-state index is 0.0197. The van der Waals surface area contributed by atoms with E-state index in [0.717, 1.165) is 73.5 Å². The minimum atomic E-state index is 0.0197. The maximum absolute atomic E-state index is 13.0. The Labute approximate surface area is 225 Å². The Morgan fingerprint density at radius 2 is 1.66 bits per heavy atom. The number of amides is 2. The van der Waals surface area contributed by atoms with Gasteiger partial charge in [0.1, 0.15) is 0 Å². The largest absolute Gasteiger partial charge is 0.349 e. The predicted molar refractivity (Wildman–Crippen MR) is 150 cm³/mol. The molecule has 38 heavy (non-hydrogen) atoms. The summed E-state index contributed by atoms with van der Waals surface area (Å²) in [6, 6.07) is 19.6. The first-order valence-electron chi connectivity index (χ1n) is 14.4. The summed E-state index contributed by atoms with van der Waals surface area (Å²) in [4.78, 5) is 35.0. The number of rotatable bonds is 6. The number of hydrogen-bond donors (Lipinski definition) is 1. The van der Waals surface area contributed by atoms with E-state index in [4.69, 9.17) is 0 Å². The van der Waals surface area contributed by atoms with Crippen molar-refractivity contribution in [2.24, 2.45) is 17.8 Å². The van der Waals surface area contributed by atoms with E-state index in [1.165, 1.54) is 25.7 Å². The third kappa shape index (κ3) is 5.46. The molecule has 3 aliphatic rings. The van der Waals surface area contributed by atoms with Crippen molar-refractivity contribution in [2.75, 3.05) is 32.7 Å². The van der Waals surface area contributed by atoms with Crippen LogP contribution in [0.5, 0.6) is 0 Å². The van der Waals surface area contributed by atoms with Crippen LogP contribution >= 0.6 is 0 Å². The fourth-order valence-corrected chi connectivity index (χ4v) is 6.90. The molecule has 0 radical (unpaired) electrons. The zero-order valence-corrected chi connectivity index (χ0v) is 22.1. The van der Waals surface area contributed by atoms with Crippen LogP contribution in [0, 0.1) is 17.8 Å². The number of likely N-dealkylation sites (tertiary alicyclic amines) is 2. The molecule has 6 nitrogen and oxygen atoms in total. The summed E-state index contributed by atoms with van der Waals surface area (Å²) in [6.45, 7) is 5.23. The van der Waals surface area contributed by atoms with Gasteiger partial charge in [-0.15, -0.1) is 0 Å². The first-order chi connectivity index (χ1) is 18.6. The number of piperidine rings is 1. The maximum atomic E-state index is 13.0. The Balaban J connectivity index is 0.941. The van der Waals surface area contributed by atoms with Gasteiger partial charge < -0.3 is 15.1 Å². The van der Waals surface area contributed by atoms with E-state index in [-0.39, 0.29) is 17.9 Å². The summed E-state index contributed by atoms with van der Waals surface area (Å²) in [5.74, 6) is 2.20. The van der Waals surface area contributed by atoms with Gasteiger partial charge in [-0.25, -0.2) is 0 Å². The van der Waals surface area contributed by atoms with Crippen molar-refractivity contribution in [1.29, 1.82) is 0 Å². The van der Waals surface area contributed by atoms with Gasteiger partial charge in [-0.3, -0.25) is 14.6 Å². The fraction of sp³-hybridized carbons (Fsp3) is 0.469. The van der Waals surface area contributed by atoms with Gasteiger partial charge in [0.05, 0.1) is 5.52 Å². The van der Waals surface area contributed by atoms with E-state index in [9.17, 15) is 9.59 Å². The maximum Gasteiger partial charge on any atom is 0.253 e. The highest BCUT2D eigenvalue weighted by Gasteiger charge is 2.39. The van der Waals surface area contributed by atoms with E-state index in [2.05, 4.69) is 20.1 Å². The molecule has 1 aromatic heterocycles. The highest BCUT2D eigenvalue weighted by Crippen LogP contribution is 2.33. The van der Waals surface area contributed by atoms with Gasteiger partial charge >= 0.3 is 0 Å². The lowest BCUT2D eigenvalue weighted by atomic mass is 9.83. The van der Waals surface area contributed by atoms with E-state index in [0.29, 0.717) is 11.8 Å². The Hall–Kier alpha value is -3.25. The van der Waals surface area contributed by atoms with Crippen LogP contribution in [0.4, 0.5) is 0 Å². The average molecular weight is 511 g/mol. The smallest absolute Gasteiger partial charge is 0.253 e. The molecule has 0 bridgehead atoms. The SMILES string of the molecule is O=C(N[C@H]1CC[C@H](CCN2CCC3CN(C(=O)c4ccccc4)C[C@@H]3C2)CC1)c1cccc2ncccc12. The summed E-state index contributed by atoms with van der Waals surface area (Å²) in [7, 11) is 0. The number of nitrogens with one attached hydrogen (secondary N) is 1. The Bertz CT molecular complexity index is 1270. The number of benzene rings is 2. The number of carbonyl (C=O) groups excluding carboxylic acids is 2. The van der Waals surface area contributed by atoms with Crippen molar-refractivity contribution >= 4 is 22.7 Å². The highest BCUT2D eigenvalue weighted by molar-refractivity contribution is 6.06. The normalized spacial score (nSPS) is 25.7. The molecule has 3 heterocycles. The first kappa shape index (κ1) is 25.1. The lowest BCUT2D eigenvalue weighted by Crippen LogP contribution is -2.41. The molecule has 6 rings (SSSR count). The Morgan fingerprint density at radius 1 is 0.842 bits per heavy atom. The number of carbonyl (C=O) groups is 2. The molecule has 1 saturated carbocycles. The third-order valence-electron chi connectivity index (χ3n) is 9.12. The van der Waals surface area contributed by atoms with Crippen molar-refractivity contribution in [3.63, 3.8) is 0 Å². The predicted octanol–water partition coefficient (Wildman–Crippen LogP) is 5.01. The summed E-state index contributed by atoms with van der Waals surface area (Å²) >= 11 is 0. The van der Waals surface area contributed by atoms with Crippen LogP contribution in [-0.2, 0) is 0 Å². The van der Waals surface area contributed by atoms with Crippen molar-refractivity contribution < 1.29 is 9.59 Å². The molecule has 1 N–H and O–H groups in total. The number of fused-ring (bicyclic) bond motifs is 2. The second-order valence-electron chi connectivity index (χ2n) is 11.5. The molecule has 1 unspecified atom stereocenters. The van der Waals surface area contributed by atoms with Crippen LogP contribution in [0.2, 0.25) is 0 Å². The molecule has 2 aliphatic heterocycles. The molecule has 3 aromatic rings.